The van der Waals surface area contributed by atoms with E-state index in [1.165, 1.54) is 0 Å². The van der Waals surface area contributed by atoms with Crippen LogP contribution in [0, 0.1) is 0 Å². The van der Waals surface area contributed by atoms with Crippen LogP contribution in [-0.4, -0.2) is 19.3 Å². The Morgan fingerprint density at radius 3 is 3.14 bits per heavy atom. The lowest BCUT2D eigenvalue weighted by Crippen LogP contribution is -2.15. The summed E-state index contributed by atoms with van der Waals surface area (Å²) in [6.07, 6.45) is 1.19. The quantitative estimate of drug-likeness (QED) is 0.718. The summed E-state index contributed by atoms with van der Waals surface area (Å²) in [4.78, 5) is 0. The summed E-state index contributed by atoms with van der Waals surface area (Å²) < 4.78 is 11.0. The molecular weight excluding hydrogens is 200 g/mol. The lowest BCUT2D eigenvalue weighted by Gasteiger charge is -2.12. The number of halogens is 1. The van der Waals surface area contributed by atoms with Crippen LogP contribution in [0.1, 0.15) is 12.0 Å². The Kier molecular flexibility index (Phi) is 3.27. The van der Waals surface area contributed by atoms with Crippen molar-refractivity contribution in [3.8, 4) is 5.75 Å². The molecule has 2 nitrogen and oxygen atoms in total. The van der Waals surface area contributed by atoms with Gasteiger partial charge in [-0.15, -0.1) is 11.6 Å². The smallest absolute Gasteiger partial charge is 0.124 e. The number of hydrogen-bond donors (Lipinski definition) is 0. The molecule has 3 heteroatoms. The second kappa shape index (κ2) is 4.67. The van der Waals surface area contributed by atoms with Crippen molar-refractivity contribution in [2.24, 2.45) is 0 Å². The van der Waals surface area contributed by atoms with Gasteiger partial charge in [-0.2, -0.15) is 0 Å². The highest BCUT2D eigenvalue weighted by Gasteiger charge is 2.16. The van der Waals surface area contributed by atoms with E-state index >= 15 is 0 Å². The molecule has 1 aliphatic rings. The molecule has 76 valence electrons. The van der Waals surface area contributed by atoms with Crippen molar-refractivity contribution in [2.75, 3.05) is 13.2 Å². The van der Waals surface area contributed by atoms with Gasteiger partial charge in [0.15, 0.2) is 0 Å². The van der Waals surface area contributed by atoms with Crippen molar-refractivity contribution < 1.29 is 9.47 Å². The molecule has 1 heterocycles. The van der Waals surface area contributed by atoms with Crippen LogP contribution in [0.3, 0.4) is 0 Å². The molecule has 1 aromatic rings. The topological polar surface area (TPSA) is 18.5 Å². The third-order valence-electron chi connectivity index (χ3n) is 2.24. The van der Waals surface area contributed by atoms with Crippen LogP contribution in [0.4, 0.5) is 0 Å². The molecule has 1 atom stereocenters. The fourth-order valence-electron chi connectivity index (χ4n) is 1.50. The average molecular weight is 213 g/mol. The Labute approximate surface area is 88.8 Å². The zero-order valence-electron chi connectivity index (χ0n) is 7.91. The van der Waals surface area contributed by atoms with Gasteiger partial charge in [0.2, 0.25) is 0 Å². The van der Waals surface area contributed by atoms with Gasteiger partial charge in [-0.25, -0.2) is 0 Å². The molecule has 1 aromatic carbocycles. The van der Waals surface area contributed by atoms with Crippen molar-refractivity contribution >= 4 is 11.6 Å². The highest BCUT2D eigenvalue weighted by Crippen LogP contribution is 2.19. The number of hydrogen-bond acceptors (Lipinski definition) is 2. The summed E-state index contributed by atoms with van der Waals surface area (Å²) in [5.41, 5.74) is 1.09. The molecule has 0 aliphatic carbocycles. The predicted octanol–water partition coefficient (Wildman–Crippen LogP) is 2.59. The molecule has 14 heavy (non-hydrogen) atoms. The summed E-state index contributed by atoms with van der Waals surface area (Å²) >= 11 is 5.74. The first-order valence-corrected chi connectivity index (χ1v) is 5.31. The van der Waals surface area contributed by atoms with Gasteiger partial charge < -0.3 is 9.47 Å². The van der Waals surface area contributed by atoms with E-state index in [0.29, 0.717) is 12.5 Å². The van der Waals surface area contributed by atoms with Crippen LogP contribution in [-0.2, 0) is 10.6 Å². The minimum absolute atomic E-state index is 0.209. The SMILES string of the molecule is ClCc1cccc(OC2CCOC2)c1. The minimum atomic E-state index is 0.209. The second-order valence-electron chi connectivity index (χ2n) is 3.38. The van der Waals surface area contributed by atoms with Gasteiger partial charge in [0, 0.05) is 12.3 Å². The summed E-state index contributed by atoms with van der Waals surface area (Å²) in [7, 11) is 0. The molecule has 1 saturated heterocycles. The molecule has 0 radical (unpaired) electrons. The third-order valence-corrected chi connectivity index (χ3v) is 2.55. The first-order chi connectivity index (χ1) is 6.88. The van der Waals surface area contributed by atoms with E-state index in [2.05, 4.69) is 0 Å². The predicted molar refractivity (Wildman–Crippen MR) is 55.9 cm³/mol. The zero-order valence-corrected chi connectivity index (χ0v) is 8.67. The van der Waals surface area contributed by atoms with Crippen molar-refractivity contribution in [3.63, 3.8) is 0 Å². The van der Waals surface area contributed by atoms with E-state index in [1.807, 2.05) is 24.3 Å². The van der Waals surface area contributed by atoms with E-state index in [1.54, 1.807) is 0 Å². The summed E-state index contributed by atoms with van der Waals surface area (Å²) in [5, 5.41) is 0. The molecule has 1 unspecified atom stereocenters. The number of ether oxygens (including phenoxy) is 2. The third kappa shape index (κ3) is 2.40. The van der Waals surface area contributed by atoms with E-state index in [4.69, 9.17) is 21.1 Å². The van der Waals surface area contributed by atoms with Gasteiger partial charge in [0.05, 0.1) is 13.2 Å². The maximum absolute atomic E-state index is 5.74. The van der Waals surface area contributed by atoms with Crippen LogP contribution in [0.5, 0.6) is 5.75 Å². The van der Waals surface area contributed by atoms with Crippen molar-refractivity contribution in [1.29, 1.82) is 0 Å². The van der Waals surface area contributed by atoms with Gasteiger partial charge in [0.25, 0.3) is 0 Å². The normalized spacial score (nSPS) is 21.1. The second-order valence-corrected chi connectivity index (χ2v) is 3.65. The Balaban J connectivity index is 2.00. The molecule has 0 bridgehead atoms. The summed E-state index contributed by atoms with van der Waals surface area (Å²) in [5.74, 6) is 1.41. The van der Waals surface area contributed by atoms with Gasteiger partial charge >= 0.3 is 0 Å². The lowest BCUT2D eigenvalue weighted by molar-refractivity contribution is 0.141. The molecule has 0 amide bonds. The summed E-state index contributed by atoms with van der Waals surface area (Å²) in [6, 6.07) is 7.88. The molecule has 0 saturated carbocycles. The Morgan fingerprint density at radius 1 is 1.50 bits per heavy atom. The van der Waals surface area contributed by atoms with E-state index in [9.17, 15) is 0 Å². The highest BCUT2D eigenvalue weighted by molar-refractivity contribution is 6.17. The van der Waals surface area contributed by atoms with Gasteiger partial charge in [0.1, 0.15) is 11.9 Å². The fourth-order valence-corrected chi connectivity index (χ4v) is 1.67. The molecule has 0 aromatic heterocycles. The van der Waals surface area contributed by atoms with E-state index in [-0.39, 0.29) is 6.10 Å². The first kappa shape index (κ1) is 9.81. The maximum atomic E-state index is 5.74. The molecule has 0 N–H and O–H groups in total. The summed E-state index contributed by atoms with van der Waals surface area (Å²) in [6.45, 7) is 1.50. The van der Waals surface area contributed by atoms with E-state index in [0.717, 1.165) is 24.3 Å². The van der Waals surface area contributed by atoms with Crippen LogP contribution >= 0.6 is 11.6 Å². The highest BCUT2D eigenvalue weighted by atomic mass is 35.5. The average Bonchev–Trinajstić information content (AvgIpc) is 2.71. The van der Waals surface area contributed by atoms with Crippen LogP contribution in [0.15, 0.2) is 24.3 Å². The molecule has 1 fully saturated rings. The fraction of sp³-hybridized carbons (Fsp3) is 0.455. The van der Waals surface area contributed by atoms with E-state index < -0.39 is 0 Å². The van der Waals surface area contributed by atoms with Crippen LogP contribution in [0.25, 0.3) is 0 Å². The van der Waals surface area contributed by atoms with Crippen molar-refractivity contribution in [1.82, 2.24) is 0 Å². The number of rotatable bonds is 3. The van der Waals surface area contributed by atoms with Crippen LogP contribution < -0.4 is 4.74 Å². The molecule has 0 spiro atoms. The monoisotopic (exact) mass is 212 g/mol. The standard InChI is InChI=1S/C11H13ClO2/c12-7-9-2-1-3-10(6-9)14-11-4-5-13-8-11/h1-3,6,11H,4-5,7-8H2. The number of benzene rings is 1. The molecule has 1 aliphatic heterocycles. The number of alkyl halides is 1. The molecule has 2 rings (SSSR count). The zero-order chi connectivity index (χ0) is 9.80. The Bertz CT molecular complexity index is 295. The Hall–Kier alpha value is -0.730. The Morgan fingerprint density at radius 2 is 2.43 bits per heavy atom. The van der Waals surface area contributed by atoms with Gasteiger partial charge in [-0.1, -0.05) is 12.1 Å². The van der Waals surface area contributed by atoms with Crippen molar-refractivity contribution in [3.05, 3.63) is 29.8 Å². The van der Waals surface area contributed by atoms with Gasteiger partial charge in [-0.3, -0.25) is 0 Å². The largest absolute Gasteiger partial charge is 0.488 e. The molecular formula is C11H13ClO2. The first-order valence-electron chi connectivity index (χ1n) is 4.78. The lowest BCUT2D eigenvalue weighted by atomic mass is 10.2. The van der Waals surface area contributed by atoms with Crippen molar-refractivity contribution in [2.45, 2.75) is 18.4 Å². The minimum Gasteiger partial charge on any atom is -0.488 e. The van der Waals surface area contributed by atoms with Crippen LogP contribution in [0.2, 0.25) is 0 Å². The maximum Gasteiger partial charge on any atom is 0.124 e. The van der Waals surface area contributed by atoms with Gasteiger partial charge in [-0.05, 0) is 17.7 Å².